The van der Waals surface area contributed by atoms with Gasteiger partial charge in [0.25, 0.3) is 5.91 Å². The number of phenolic OH excluding ortho intramolecular Hbond substituents is 1. The molecule has 2 aromatic carbocycles. The molecule has 0 unspecified atom stereocenters. The van der Waals surface area contributed by atoms with E-state index in [9.17, 15) is 20.0 Å². The van der Waals surface area contributed by atoms with Crippen molar-refractivity contribution in [2.24, 2.45) is 0 Å². The van der Waals surface area contributed by atoms with Crippen LogP contribution in [0.25, 0.3) is 0 Å². The highest BCUT2D eigenvalue weighted by atomic mass is 16.3. The van der Waals surface area contributed by atoms with Crippen LogP contribution >= 0.6 is 0 Å². The van der Waals surface area contributed by atoms with Gasteiger partial charge < -0.3 is 15.7 Å². The van der Waals surface area contributed by atoms with E-state index in [1.54, 1.807) is 37.3 Å². The Kier molecular flexibility index (Phi) is 5.54. The number of benzene rings is 2. The zero-order valence-corrected chi connectivity index (χ0v) is 13.8. The second-order valence-corrected chi connectivity index (χ2v) is 5.40. The van der Waals surface area contributed by atoms with Gasteiger partial charge in [-0.15, -0.1) is 0 Å². The van der Waals surface area contributed by atoms with Gasteiger partial charge in [0.05, 0.1) is 0 Å². The molecule has 2 aromatic rings. The number of phenols is 1. The molecule has 126 valence electrons. The fourth-order valence-electron chi connectivity index (χ4n) is 2.11. The Labute approximate surface area is 145 Å². The van der Waals surface area contributed by atoms with E-state index < -0.39 is 5.91 Å². The van der Waals surface area contributed by atoms with Gasteiger partial charge in [-0.2, -0.15) is 5.26 Å². The Balaban J connectivity index is 2.14. The highest BCUT2D eigenvalue weighted by Crippen LogP contribution is 2.20. The number of hydrogen-bond donors (Lipinski definition) is 3. The Morgan fingerprint density at radius 3 is 2.60 bits per heavy atom. The summed E-state index contributed by atoms with van der Waals surface area (Å²) in [6, 6.07) is 13.1. The number of carbonyl (C=O) groups excluding carboxylic acids is 2. The van der Waals surface area contributed by atoms with Gasteiger partial charge in [0, 0.05) is 23.1 Å². The largest absolute Gasteiger partial charge is 0.508 e. The third-order valence-electron chi connectivity index (χ3n) is 3.48. The van der Waals surface area contributed by atoms with E-state index in [1.165, 1.54) is 25.3 Å². The minimum Gasteiger partial charge on any atom is -0.508 e. The van der Waals surface area contributed by atoms with Crippen LogP contribution in [0.3, 0.4) is 0 Å². The number of Topliss-reactive ketones (excluding diaryl/α,β-unsaturated/α-hetero) is 1. The van der Waals surface area contributed by atoms with E-state index >= 15 is 0 Å². The first-order valence-electron chi connectivity index (χ1n) is 7.49. The van der Waals surface area contributed by atoms with Crippen molar-refractivity contribution in [1.29, 1.82) is 5.26 Å². The molecule has 0 radical (unpaired) electrons. The molecule has 0 fully saturated rings. The van der Waals surface area contributed by atoms with Gasteiger partial charge in [-0.1, -0.05) is 12.1 Å². The standard InChI is InChI=1S/C19H17N3O3/c1-12-8-17(24)6-7-18(12)22-19(25)15(10-20)11-21-16-5-3-4-14(9-16)13(2)23/h3-9,11,21,24H,1-2H3,(H,22,25)/b15-11-. The van der Waals surface area contributed by atoms with Gasteiger partial charge in [-0.3, -0.25) is 9.59 Å². The highest BCUT2D eigenvalue weighted by molar-refractivity contribution is 6.07. The highest BCUT2D eigenvalue weighted by Gasteiger charge is 2.11. The van der Waals surface area contributed by atoms with E-state index in [0.29, 0.717) is 22.5 Å². The van der Waals surface area contributed by atoms with Crippen LogP contribution in [-0.2, 0) is 4.79 Å². The number of nitrogens with zero attached hydrogens (tertiary/aromatic N) is 1. The fraction of sp³-hybridized carbons (Fsp3) is 0.105. The summed E-state index contributed by atoms with van der Waals surface area (Å²) in [5.74, 6) is -0.557. The van der Waals surface area contributed by atoms with Crippen LogP contribution in [0, 0.1) is 18.3 Å². The van der Waals surface area contributed by atoms with Gasteiger partial charge in [0.1, 0.15) is 17.4 Å². The lowest BCUT2D eigenvalue weighted by Crippen LogP contribution is -2.15. The van der Waals surface area contributed by atoms with E-state index in [2.05, 4.69) is 10.6 Å². The summed E-state index contributed by atoms with van der Waals surface area (Å²) in [6.07, 6.45) is 1.28. The summed E-state index contributed by atoms with van der Waals surface area (Å²) >= 11 is 0. The SMILES string of the molecule is CC(=O)c1cccc(N/C=C(/C#N)C(=O)Nc2ccc(O)cc2C)c1. The summed E-state index contributed by atoms with van der Waals surface area (Å²) in [5, 5.41) is 24.0. The summed E-state index contributed by atoms with van der Waals surface area (Å²) < 4.78 is 0. The number of aryl methyl sites for hydroxylation is 1. The van der Waals surface area contributed by atoms with Gasteiger partial charge in [-0.25, -0.2) is 0 Å². The molecule has 2 rings (SSSR count). The lowest BCUT2D eigenvalue weighted by molar-refractivity contribution is -0.112. The van der Waals surface area contributed by atoms with Crippen LogP contribution in [0.15, 0.2) is 54.2 Å². The van der Waals surface area contributed by atoms with Gasteiger partial charge >= 0.3 is 0 Å². The second-order valence-electron chi connectivity index (χ2n) is 5.40. The number of aromatic hydroxyl groups is 1. The molecular formula is C19H17N3O3. The molecule has 0 aliphatic heterocycles. The van der Waals surface area contributed by atoms with Crippen LogP contribution in [0.5, 0.6) is 5.75 Å². The third kappa shape index (κ3) is 4.69. The molecule has 0 spiro atoms. The second kappa shape index (κ2) is 7.79. The third-order valence-corrected chi connectivity index (χ3v) is 3.48. The van der Waals surface area contributed by atoms with Crippen molar-refractivity contribution in [2.75, 3.05) is 10.6 Å². The Hall–Kier alpha value is -3.59. The quantitative estimate of drug-likeness (QED) is 0.336. The topological polar surface area (TPSA) is 102 Å². The Morgan fingerprint density at radius 2 is 1.96 bits per heavy atom. The van der Waals surface area contributed by atoms with Gasteiger partial charge in [0.15, 0.2) is 5.78 Å². The first-order chi connectivity index (χ1) is 11.9. The zero-order valence-electron chi connectivity index (χ0n) is 13.8. The van der Waals surface area contributed by atoms with Crippen molar-refractivity contribution in [1.82, 2.24) is 0 Å². The first-order valence-corrected chi connectivity index (χ1v) is 7.49. The normalized spacial score (nSPS) is 10.7. The summed E-state index contributed by atoms with van der Waals surface area (Å²) in [5.41, 5.74) is 2.17. The van der Waals surface area contributed by atoms with Crippen molar-refractivity contribution in [3.63, 3.8) is 0 Å². The average Bonchev–Trinajstić information content (AvgIpc) is 2.58. The van der Waals surface area contributed by atoms with Crippen molar-refractivity contribution >= 4 is 23.1 Å². The number of amides is 1. The van der Waals surface area contributed by atoms with E-state index in [1.807, 2.05) is 6.07 Å². The zero-order chi connectivity index (χ0) is 18.4. The molecule has 25 heavy (non-hydrogen) atoms. The number of ketones is 1. The first kappa shape index (κ1) is 17.8. The maximum Gasteiger partial charge on any atom is 0.267 e. The van der Waals surface area contributed by atoms with Crippen molar-refractivity contribution in [3.8, 4) is 11.8 Å². The van der Waals surface area contributed by atoms with Crippen molar-refractivity contribution < 1.29 is 14.7 Å². The summed E-state index contributed by atoms with van der Waals surface area (Å²) in [6.45, 7) is 3.19. The molecule has 3 N–H and O–H groups in total. The maximum absolute atomic E-state index is 12.2. The molecule has 0 aliphatic carbocycles. The van der Waals surface area contributed by atoms with Crippen LogP contribution in [-0.4, -0.2) is 16.8 Å². The molecule has 0 aromatic heterocycles. The number of nitriles is 1. The van der Waals surface area contributed by atoms with Gasteiger partial charge in [0.2, 0.25) is 0 Å². The molecule has 6 nitrogen and oxygen atoms in total. The van der Waals surface area contributed by atoms with Crippen LogP contribution in [0.2, 0.25) is 0 Å². The molecule has 0 saturated heterocycles. The molecule has 0 saturated carbocycles. The van der Waals surface area contributed by atoms with Crippen LogP contribution in [0.4, 0.5) is 11.4 Å². The molecule has 0 atom stereocenters. The molecular weight excluding hydrogens is 318 g/mol. The van der Waals surface area contributed by atoms with Gasteiger partial charge in [-0.05, 0) is 49.7 Å². The average molecular weight is 335 g/mol. The number of anilines is 2. The van der Waals surface area contributed by atoms with Crippen molar-refractivity contribution in [3.05, 3.63) is 65.4 Å². The van der Waals surface area contributed by atoms with E-state index in [-0.39, 0.29) is 17.1 Å². The monoisotopic (exact) mass is 335 g/mol. The lowest BCUT2D eigenvalue weighted by Gasteiger charge is -2.08. The molecule has 0 bridgehead atoms. The lowest BCUT2D eigenvalue weighted by atomic mass is 10.1. The number of carbonyl (C=O) groups is 2. The van der Waals surface area contributed by atoms with E-state index in [0.717, 1.165) is 0 Å². The maximum atomic E-state index is 12.2. The smallest absolute Gasteiger partial charge is 0.267 e. The summed E-state index contributed by atoms with van der Waals surface area (Å²) in [7, 11) is 0. The predicted octanol–water partition coefficient (Wildman–Crippen LogP) is 3.36. The fourth-order valence-corrected chi connectivity index (χ4v) is 2.11. The molecule has 6 heteroatoms. The van der Waals surface area contributed by atoms with Crippen molar-refractivity contribution in [2.45, 2.75) is 13.8 Å². The van der Waals surface area contributed by atoms with Crippen LogP contribution < -0.4 is 10.6 Å². The van der Waals surface area contributed by atoms with E-state index in [4.69, 9.17) is 0 Å². The minimum absolute atomic E-state index is 0.0753. The Bertz CT molecular complexity index is 895. The number of rotatable bonds is 5. The molecule has 0 aliphatic rings. The van der Waals surface area contributed by atoms with Crippen LogP contribution in [0.1, 0.15) is 22.8 Å². The Morgan fingerprint density at radius 1 is 1.20 bits per heavy atom. The predicted molar refractivity (Wildman–Crippen MR) is 95.2 cm³/mol. The number of hydrogen-bond acceptors (Lipinski definition) is 5. The molecule has 0 heterocycles. The number of nitrogens with one attached hydrogen (secondary N) is 2. The minimum atomic E-state index is -0.577. The summed E-state index contributed by atoms with van der Waals surface area (Å²) in [4.78, 5) is 23.6. The molecule has 1 amide bonds.